The number of hydrogen-bond donors (Lipinski definition) is 2. The first kappa shape index (κ1) is 21.6. The lowest BCUT2D eigenvalue weighted by molar-refractivity contribution is 0.0910. The van der Waals surface area contributed by atoms with E-state index in [9.17, 15) is 9.59 Å². The zero-order valence-corrected chi connectivity index (χ0v) is 18.6. The molecule has 0 atom stereocenters. The maximum atomic E-state index is 12.9. The number of hydrogen-bond acceptors (Lipinski definition) is 4. The number of halogens is 1. The molecule has 0 aliphatic carbocycles. The topological polar surface area (TPSA) is 61.4 Å². The Bertz CT molecular complexity index is 1030. The summed E-state index contributed by atoms with van der Waals surface area (Å²) >= 11 is 7.33. The van der Waals surface area contributed by atoms with Crippen molar-refractivity contribution in [3.63, 3.8) is 0 Å². The van der Waals surface area contributed by atoms with Crippen molar-refractivity contribution in [1.82, 2.24) is 10.2 Å². The molecular weight excluding hydrogens is 430 g/mol. The van der Waals surface area contributed by atoms with E-state index < -0.39 is 0 Å². The maximum absolute atomic E-state index is 12.9. The first-order valence-electron chi connectivity index (χ1n) is 10.3. The van der Waals surface area contributed by atoms with Crippen molar-refractivity contribution in [2.75, 3.05) is 18.4 Å². The van der Waals surface area contributed by atoms with Gasteiger partial charge in [0.25, 0.3) is 11.8 Å². The summed E-state index contributed by atoms with van der Waals surface area (Å²) in [7, 11) is 0. The Morgan fingerprint density at radius 1 is 0.968 bits per heavy atom. The fourth-order valence-corrected chi connectivity index (χ4v) is 4.47. The number of nitrogens with zero attached hydrogens (tertiary/aromatic N) is 1. The van der Waals surface area contributed by atoms with Crippen LogP contribution in [0, 0.1) is 0 Å². The molecule has 0 bridgehead atoms. The van der Waals surface area contributed by atoms with Crippen LogP contribution in [0.4, 0.5) is 5.69 Å². The van der Waals surface area contributed by atoms with Crippen molar-refractivity contribution in [3.8, 4) is 0 Å². The summed E-state index contributed by atoms with van der Waals surface area (Å²) in [5, 5.41) is 8.61. The molecule has 2 aromatic carbocycles. The minimum atomic E-state index is -0.203. The minimum Gasteiger partial charge on any atom is -0.349 e. The van der Waals surface area contributed by atoms with Gasteiger partial charge in [-0.05, 0) is 54.1 Å². The Morgan fingerprint density at radius 2 is 1.71 bits per heavy atom. The fraction of sp³-hybridized carbons (Fsp3) is 0.250. The highest BCUT2D eigenvalue weighted by Gasteiger charge is 2.22. The van der Waals surface area contributed by atoms with E-state index in [2.05, 4.69) is 27.7 Å². The number of anilines is 1. The monoisotopic (exact) mass is 453 g/mol. The zero-order valence-electron chi connectivity index (χ0n) is 17.0. The second-order valence-corrected chi connectivity index (χ2v) is 9.01. The molecule has 2 heterocycles. The lowest BCUT2D eigenvalue weighted by atomic mass is 10.0. The summed E-state index contributed by atoms with van der Waals surface area (Å²) in [4.78, 5) is 28.3. The summed E-state index contributed by atoms with van der Waals surface area (Å²) in [6, 6.07) is 18.8. The van der Waals surface area contributed by atoms with Gasteiger partial charge in [0.05, 0.1) is 16.1 Å². The smallest absolute Gasteiger partial charge is 0.265 e. The van der Waals surface area contributed by atoms with Gasteiger partial charge in [-0.25, -0.2) is 0 Å². The lowest BCUT2D eigenvalue weighted by Gasteiger charge is -2.32. The molecule has 0 unspecified atom stereocenters. The highest BCUT2D eigenvalue weighted by atomic mass is 35.5. The molecule has 4 rings (SSSR count). The summed E-state index contributed by atoms with van der Waals surface area (Å²) in [5.74, 6) is -0.357. The molecule has 0 saturated carbocycles. The molecule has 2 N–H and O–H groups in total. The molecule has 31 heavy (non-hydrogen) atoms. The van der Waals surface area contributed by atoms with Crippen LogP contribution in [-0.2, 0) is 6.54 Å². The quantitative estimate of drug-likeness (QED) is 0.549. The Labute approximate surface area is 191 Å². The number of nitrogens with one attached hydrogen (secondary N) is 2. The highest BCUT2D eigenvalue weighted by Crippen LogP contribution is 2.20. The van der Waals surface area contributed by atoms with Crippen molar-refractivity contribution in [2.24, 2.45) is 0 Å². The van der Waals surface area contributed by atoms with Gasteiger partial charge in [-0.15, -0.1) is 11.3 Å². The summed E-state index contributed by atoms with van der Waals surface area (Å²) in [6.07, 6.45) is 1.78. The van der Waals surface area contributed by atoms with E-state index >= 15 is 0 Å². The molecule has 3 aromatic rings. The van der Waals surface area contributed by atoms with Gasteiger partial charge in [0.2, 0.25) is 0 Å². The molecule has 1 aliphatic heterocycles. The zero-order chi connectivity index (χ0) is 21.6. The SMILES string of the molecule is O=C(Nc1ccccc1C(=O)NC1CCN(Cc2ccc(Cl)cc2)CC1)c1cccs1. The van der Waals surface area contributed by atoms with Gasteiger partial charge in [0.15, 0.2) is 0 Å². The molecule has 160 valence electrons. The predicted octanol–water partition coefficient (Wildman–Crippen LogP) is 5.05. The molecule has 2 amide bonds. The average Bonchev–Trinajstić information content (AvgIpc) is 3.32. The maximum Gasteiger partial charge on any atom is 0.265 e. The molecule has 1 fully saturated rings. The van der Waals surface area contributed by atoms with Crippen LogP contribution in [0.15, 0.2) is 66.0 Å². The van der Waals surface area contributed by atoms with Crippen molar-refractivity contribution in [2.45, 2.75) is 25.4 Å². The number of amides is 2. The third-order valence-electron chi connectivity index (χ3n) is 5.41. The largest absolute Gasteiger partial charge is 0.349 e. The van der Waals surface area contributed by atoms with E-state index in [1.54, 1.807) is 18.2 Å². The van der Waals surface area contributed by atoms with E-state index in [-0.39, 0.29) is 17.9 Å². The third-order valence-corrected chi connectivity index (χ3v) is 6.53. The molecule has 7 heteroatoms. The number of para-hydroxylation sites is 1. The molecule has 5 nitrogen and oxygen atoms in total. The molecule has 0 spiro atoms. The van der Waals surface area contributed by atoms with Crippen LogP contribution in [0.2, 0.25) is 5.02 Å². The number of piperidine rings is 1. The van der Waals surface area contributed by atoms with Gasteiger partial charge in [-0.3, -0.25) is 14.5 Å². The van der Waals surface area contributed by atoms with Crippen LogP contribution in [-0.4, -0.2) is 35.8 Å². The lowest BCUT2D eigenvalue weighted by Crippen LogP contribution is -2.44. The van der Waals surface area contributed by atoms with Crippen LogP contribution in [0.5, 0.6) is 0 Å². The Morgan fingerprint density at radius 3 is 2.42 bits per heavy atom. The second kappa shape index (κ2) is 10.1. The Kier molecular flexibility index (Phi) is 7.02. The normalized spacial score (nSPS) is 14.9. The molecular formula is C24H24ClN3O2S. The molecule has 0 radical (unpaired) electrons. The van der Waals surface area contributed by atoms with Crippen LogP contribution >= 0.6 is 22.9 Å². The number of likely N-dealkylation sites (tertiary alicyclic amines) is 1. The van der Waals surface area contributed by atoms with Crippen molar-refractivity contribution in [3.05, 3.63) is 87.1 Å². The van der Waals surface area contributed by atoms with Gasteiger partial charge >= 0.3 is 0 Å². The molecule has 1 saturated heterocycles. The summed E-state index contributed by atoms with van der Waals surface area (Å²) in [5.41, 5.74) is 2.25. The summed E-state index contributed by atoms with van der Waals surface area (Å²) in [6.45, 7) is 2.73. The predicted molar refractivity (Wildman–Crippen MR) is 126 cm³/mol. The van der Waals surface area contributed by atoms with Crippen molar-refractivity contribution < 1.29 is 9.59 Å². The summed E-state index contributed by atoms with van der Waals surface area (Å²) < 4.78 is 0. The highest BCUT2D eigenvalue weighted by molar-refractivity contribution is 7.12. The Balaban J connectivity index is 1.32. The standard InChI is InChI=1S/C24H24ClN3O2S/c25-18-9-7-17(8-10-18)16-28-13-11-19(12-14-28)26-23(29)20-4-1-2-5-21(20)27-24(30)22-6-3-15-31-22/h1-10,15,19H,11-14,16H2,(H,26,29)(H,27,30). The third kappa shape index (κ3) is 5.73. The van der Waals surface area contributed by atoms with Crippen molar-refractivity contribution >= 4 is 40.4 Å². The number of thiophene rings is 1. The van der Waals surface area contributed by atoms with E-state index in [0.717, 1.165) is 37.5 Å². The van der Waals surface area contributed by atoms with Gasteiger partial charge in [-0.2, -0.15) is 0 Å². The van der Waals surface area contributed by atoms with Gasteiger partial charge in [-0.1, -0.05) is 41.9 Å². The van der Waals surface area contributed by atoms with E-state index in [0.29, 0.717) is 16.1 Å². The minimum absolute atomic E-state index is 0.120. The molecule has 1 aliphatic rings. The molecule has 1 aromatic heterocycles. The average molecular weight is 454 g/mol. The van der Waals surface area contributed by atoms with E-state index in [1.165, 1.54) is 16.9 Å². The van der Waals surface area contributed by atoms with Crippen LogP contribution < -0.4 is 10.6 Å². The first-order valence-corrected chi connectivity index (χ1v) is 11.6. The van der Waals surface area contributed by atoms with Crippen LogP contribution in [0.25, 0.3) is 0 Å². The van der Waals surface area contributed by atoms with Crippen molar-refractivity contribution in [1.29, 1.82) is 0 Å². The Hall–Kier alpha value is -2.67. The van der Waals surface area contributed by atoms with Gasteiger partial charge in [0, 0.05) is 30.7 Å². The van der Waals surface area contributed by atoms with Gasteiger partial charge in [0.1, 0.15) is 0 Å². The number of carbonyl (C=O) groups is 2. The number of carbonyl (C=O) groups excluding carboxylic acids is 2. The fourth-order valence-electron chi connectivity index (χ4n) is 3.73. The number of rotatable bonds is 6. The van der Waals surface area contributed by atoms with Crippen LogP contribution in [0.3, 0.4) is 0 Å². The number of benzene rings is 2. The van der Waals surface area contributed by atoms with E-state index in [4.69, 9.17) is 11.6 Å². The van der Waals surface area contributed by atoms with Crippen LogP contribution in [0.1, 0.15) is 38.4 Å². The first-order chi connectivity index (χ1) is 15.1. The van der Waals surface area contributed by atoms with Gasteiger partial charge < -0.3 is 10.6 Å². The van der Waals surface area contributed by atoms with E-state index in [1.807, 2.05) is 35.7 Å². The second-order valence-electron chi connectivity index (χ2n) is 7.63.